The third kappa shape index (κ3) is 4.00. The fourth-order valence-electron chi connectivity index (χ4n) is 1.29. The van der Waals surface area contributed by atoms with E-state index in [0.717, 1.165) is 19.6 Å². The Balaban J connectivity index is 2.31. The number of hydrazine groups is 1. The van der Waals surface area contributed by atoms with Crippen LogP contribution in [0.2, 0.25) is 0 Å². The quantitative estimate of drug-likeness (QED) is 0.519. The number of nitrogens with zero attached hydrogens (tertiary/aromatic N) is 3. The summed E-state index contributed by atoms with van der Waals surface area (Å²) >= 11 is 0. The number of ether oxygens (including phenoxy) is 1. The maximum atomic E-state index is 5.46. The molecule has 1 aromatic rings. The summed E-state index contributed by atoms with van der Waals surface area (Å²) in [7, 11) is 0. The predicted molar refractivity (Wildman–Crippen MR) is 63.1 cm³/mol. The van der Waals surface area contributed by atoms with Crippen molar-refractivity contribution in [3.05, 3.63) is 12.1 Å². The first-order valence-corrected chi connectivity index (χ1v) is 5.45. The van der Waals surface area contributed by atoms with Crippen LogP contribution in [0.5, 0.6) is 5.88 Å². The molecule has 0 amide bonds. The van der Waals surface area contributed by atoms with Crippen molar-refractivity contribution < 1.29 is 4.74 Å². The summed E-state index contributed by atoms with van der Waals surface area (Å²) in [6.45, 7) is 7.83. The van der Waals surface area contributed by atoms with Crippen LogP contribution in [-0.4, -0.2) is 41.3 Å². The molecule has 0 aliphatic heterocycles. The zero-order valence-corrected chi connectivity index (χ0v) is 9.81. The zero-order chi connectivity index (χ0) is 11.8. The number of nitrogens with one attached hydrogen (secondary N) is 1. The molecule has 0 bridgehead atoms. The van der Waals surface area contributed by atoms with Crippen LogP contribution in [0, 0.1) is 0 Å². The van der Waals surface area contributed by atoms with Crippen LogP contribution in [0.1, 0.15) is 13.8 Å². The molecule has 6 heteroatoms. The average Bonchev–Trinajstić information content (AvgIpc) is 2.35. The normalized spacial score (nSPS) is 10.5. The summed E-state index contributed by atoms with van der Waals surface area (Å²) in [6, 6.07) is 3.46. The number of hydrogen-bond acceptors (Lipinski definition) is 6. The molecule has 90 valence electrons. The van der Waals surface area contributed by atoms with Crippen LogP contribution < -0.4 is 16.0 Å². The second kappa shape index (κ2) is 6.97. The van der Waals surface area contributed by atoms with E-state index in [-0.39, 0.29) is 0 Å². The summed E-state index contributed by atoms with van der Waals surface area (Å²) < 4.78 is 5.46. The van der Waals surface area contributed by atoms with Crippen molar-refractivity contribution >= 4 is 5.82 Å². The van der Waals surface area contributed by atoms with E-state index >= 15 is 0 Å². The van der Waals surface area contributed by atoms with Gasteiger partial charge in [-0.2, -0.15) is 0 Å². The SMILES string of the molecule is CCN(CC)CCOc1ccc(NN)nn1. The van der Waals surface area contributed by atoms with E-state index in [1.54, 1.807) is 12.1 Å². The topological polar surface area (TPSA) is 76.3 Å². The maximum Gasteiger partial charge on any atom is 0.233 e. The Kier molecular flexibility index (Phi) is 5.52. The van der Waals surface area contributed by atoms with Gasteiger partial charge in [0.15, 0.2) is 5.82 Å². The largest absolute Gasteiger partial charge is 0.475 e. The Morgan fingerprint density at radius 1 is 1.31 bits per heavy atom. The fraction of sp³-hybridized carbons (Fsp3) is 0.600. The van der Waals surface area contributed by atoms with Crippen molar-refractivity contribution in [2.24, 2.45) is 5.84 Å². The molecule has 0 saturated heterocycles. The molecule has 0 radical (unpaired) electrons. The molecular formula is C10H19N5O. The van der Waals surface area contributed by atoms with Gasteiger partial charge < -0.3 is 15.1 Å². The van der Waals surface area contributed by atoms with Crippen molar-refractivity contribution in [1.29, 1.82) is 0 Å². The van der Waals surface area contributed by atoms with Crippen LogP contribution in [0.4, 0.5) is 5.82 Å². The third-order valence-electron chi connectivity index (χ3n) is 2.34. The minimum absolute atomic E-state index is 0.520. The van der Waals surface area contributed by atoms with Gasteiger partial charge in [-0.25, -0.2) is 5.84 Å². The van der Waals surface area contributed by atoms with Gasteiger partial charge >= 0.3 is 0 Å². The molecule has 3 N–H and O–H groups in total. The van der Waals surface area contributed by atoms with E-state index < -0.39 is 0 Å². The number of anilines is 1. The predicted octanol–water partition coefficient (Wildman–Crippen LogP) is 0.483. The molecule has 0 aliphatic rings. The monoisotopic (exact) mass is 225 g/mol. The van der Waals surface area contributed by atoms with Crippen molar-refractivity contribution in [1.82, 2.24) is 15.1 Å². The van der Waals surface area contributed by atoms with Crippen molar-refractivity contribution in [3.63, 3.8) is 0 Å². The molecule has 0 aliphatic carbocycles. The number of hydrogen-bond donors (Lipinski definition) is 2. The third-order valence-corrected chi connectivity index (χ3v) is 2.34. The molecule has 0 spiro atoms. The van der Waals surface area contributed by atoms with E-state index in [2.05, 4.69) is 34.4 Å². The lowest BCUT2D eigenvalue weighted by molar-refractivity contribution is 0.216. The van der Waals surface area contributed by atoms with Crippen LogP contribution >= 0.6 is 0 Å². The van der Waals surface area contributed by atoms with Gasteiger partial charge in [0.25, 0.3) is 0 Å². The van der Waals surface area contributed by atoms with Crippen LogP contribution in [0.25, 0.3) is 0 Å². The van der Waals surface area contributed by atoms with E-state index in [4.69, 9.17) is 10.6 Å². The number of aromatic nitrogens is 2. The second-order valence-corrected chi connectivity index (χ2v) is 3.28. The minimum atomic E-state index is 0.520. The number of nitrogens with two attached hydrogens (primary N) is 1. The Bertz CT molecular complexity index is 286. The highest BCUT2D eigenvalue weighted by molar-refractivity contribution is 5.32. The van der Waals surface area contributed by atoms with E-state index in [9.17, 15) is 0 Å². The Labute approximate surface area is 95.8 Å². The lowest BCUT2D eigenvalue weighted by Crippen LogP contribution is -2.28. The standard InChI is InChI=1S/C10H19N5O/c1-3-15(4-2)7-8-16-10-6-5-9(12-11)13-14-10/h5-6H,3-4,7-8,11H2,1-2H3,(H,12,13). The maximum absolute atomic E-state index is 5.46. The molecule has 1 heterocycles. The van der Waals surface area contributed by atoms with Gasteiger partial charge in [-0.05, 0) is 19.2 Å². The first-order chi connectivity index (χ1) is 7.80. The first-order valence-electron chi connectivity index (χ1n) is 5.45. The Morgan fingerprint density at radius 2 is 2.06 bits per heavy atom. The molecule has 0 aromatic carbocycles. The molecule has 16 heavy (non-hydrogen) atoms. The molecule has 1 aromatic heterocycles. The highest BCUT2D eigenvalue weighted by Crippen LogP contribution is 2.06. The minimum Gasteiger partial charge on any atom is -0.475 e. The zero-order valence-electron chi connectivity index (χ0n) is 9.81. The lowest BCUT2D eigenvalue weighted by Gasteiger charge is -2.17. The summed E-state index contributed by atoms with van der Waals surface area (Å²) in [5, 5.41) is 7.68. The molecule has 6 nitrogen and oxygen atoms in total. The van der Waals surface area contributed by atoms with Crippen LogP contribution in [-0.2, 0) is 0 Å². The molecule has 0 unspecified atom stereocenters. The Hall–Kier alpha value is -1.40. The summed E-state index contributed by atoms with van der Waals surface area (Å²) in [5.74, 6) is 6.22. The lowest BCUT2D eigenvalue weighted by atomic mass is 10.5. The average molecular weight is 225 g/mol. The van der Waals surface area contributed by atoms with Gasteiger partial charge in [0.1, 0.15) is 6.61 Å². The fourth-order valence-corrected chi connectivity index (χ4v) is 1.29. The van der Waals surface area contributed by atoms with Crippen molar-refractivity contribution in [2.75, 3.05) is 31.7 Å². The van der Waals surface area contributed by atoms with Gasteiger partial charge in [0, 0.05) is 12.6 Å². The summed E-state index contributed by atoms with van der Waals surface area (Å²) in [4.78, 5) is 2.28. The molecule has 0 saturated carbocycles. The van der Waals surface area contributed by atoms with Crippen molar-refractivity contribution in [3.8, 4) is 5.88 Å². The van der Waals surface area contributed by atoms with E-state index in [0.29, 0.717) is 18.3 Å². The Morgan fingerprint density at radius 3 is 2.56 bits per heavy atom. The van der Waals surface area contributed by atoms with Gasteiger partial charge in [-0.1, -0.05) is 13.8 Å². The molecular weight excluding hydrogens is 206 g/mol. The molecule has 1 rings (SSSR count). The van der Waals surface area contributed by atoms with Gasteiger partial charge in [0.05, 0.1) is 0 Å². The van der Waals surface area contributed by atoms with E-state index in [1.165, 1.54) is 0 Å². The number of nitrogen functional groups attached to an aromatic ring is 1. The molecule has 0 fully saturated rings. The van der Waals surface area contributed by atoms with Gasteiger partial charge in [-0.3, -0.25) is 0 Å². The van der Waals surface area contributed by atoms with Gasteiger partial charge in [-0.15, -0.1) is 10.2 Å². The number of likely N-dealkylation sites (N-methyl/N-ethyl adjacent to an activating group) is 1. The first kappa shape index (κ1) is 12.7. The summed E-state index contributed by atoms with van der Waals surface area (Å²) in [6.07, 6.45) is 0. The summed E-state index contributed by atoms with van der Waals surface area (Å²) in [5.41, 5.74) is 2.41. The highest BCUT2D eigenvalue weighted by atomic mass is 16.5. The van der Waals surface area contributed by atoms with E-state index in [1.807, 2.05) is 0 Å². The smallest absolute Gasteiger partial charge is 0.233 e. The molecule has 0 atom stereocenters. The van der Waals surface area contributed by atoms with Crippen LogP contribution in [0.15, 0.2) is 12.1 Å². The van der Waals surface area contributed by atoms with Gasteiger partial charge in [0.2, 0.25) is 5.88 Å². The highest BCUT2D eigenvalue weighted by Gasteiger charge is 2.00. The number of rotatable bonds is 7. The second-order valence-electron chi connectivity index (χ2n) is 3.28. The van der Waals surface area contributed by atoms with Crippen molar-refractivity contribution in [2.45, 2.75) is 13.8 Å². The van der Waals surface area contributed by atoms with Crippen LogP contribution in [0.3, 0.4) is 0 Å².